The van der Waals surface area contributed by atoms with Gasteiger partial charge < -0.3 is 15.5 Å². The van der Waals surface area contributed by atoms with Crippen molar-refractivity contribution in [3.63, 3.8) is 0 Å². The summed E-state index contributed by atoms with van der Waals surface area (Å²) in [5.74, 6) is 2.91. The lowest BCUT2D eigenvalue weighted by atomic mass is 9.33. The SMILES string of the molecule is C=C(C)[C@@H]1CC[C@]2(NCC[C@]34CC[C@@H](S(C)(=O)=O)CC3C4)CC[C@]3(C)[C@H](CC[C@@H]4[C@@]5(C)CC=C(C6=CC[C@@](CO)(C(=O)O)CC6)C(C)(C)[C@@H]5CC[C@]43C)[C@@H]12. The molecule has 6 fully saturated rings. The van der Waals surface area contributed by atoms with Crippen molar-refractivity contribution in [3.05, 3.63) is 35.5 Å². The van der Waals surface area contributed by atoms with E-state index < -0.39 is 21.2 Å². The number of hydrogen-bond donors (Lipinski definition) is 3. The van der Waals surface area contributed by atoms with E-state index in [1.54, 1.807) is 0 Å². The lowest BCUT2D eigenvalue weighted by Crippen LogP contribution is -2.68. The van der Waals surface area contributed by atoms with Crippen LogP contribution >= 0.6 is 0 Å². The molecule has 6 saturated carbocycles. The van der Waals surface area contributed by atoms with Gasteiger partial charge in [-0.3, -0.25) is 4.79 Å². The van der Waals surface area contributed by atoms with Crippen LogP contribution in [0.1, 0.15) is 151 Å². The van der Waals surface area contributed by atoms with Gasteiger partial charge in [0.1, 0.15) is 9.84 Å². The molecule has 1 unspecified atom stereocenters. The number of rotatable bonds is 9. The van der Waals surface area contributed by atoms with Gasteiger partial charge in [0.15, 0.2) is 0 Å². The van der Waals surface area contributed by atoms with Crippen molar-refractivity contribution in [2.75, 3.05) is 19.4 Å². The molecule has 0 aromatic heterocycles. The van der Waals surface area contributed by atoms with E-state index in [9.17, 15) is 23.4 Å². The Kier molecular flexibility index (Phi) is 9.32. The van der Waals surface area contributed by atoms with Crippen LogP contribution in [0.5, 0.6) is 0 Å². The number of aliphatic carboxylic acids is 1. The molecule has 54 heavy (non-hydrogen) atoms. The minimum absolute atomic E-state index is 0.0204. The van der Waals surface area contributed by atoms with Crippen LogP contribution in [0.2, 0.25) is 0 Å². The first-order valence-corrected chi connectivity index (χ1v) is 24.0. The maximum Gasteiger partial charge on any atom is 0.312 e. The number of nitrogens with one attached hydrogen (secondary N) is 1. The number of carboxylic acid groups (broad SMARTS) is 1. The summed E-state index contributed by atoms with van der Waals surface area (Å²) in [6.07, 6.45) is 24.5. The second-order valence-corrected chi connectivity index (χ2v) is 24.6. The first-order valence-electron chi connectivity index (χ1n) is 22.1. The maximum absolute atomic E-state index is 12.3. The van der Waals surface area contributed by atoms with Crippen molar-refractivity contribution in [2.24, 2.45) is 68.0 Å². The molecule has 8 aliphatic rings. The van der Waals surface area contributed by atoms with Gasteiger partial charge >= 0.3 is 5.97 Å². The number of aliphatic hydroxyl groups excluding tert-OH is 1. The Balaban J connectivity index is 1.02. The molecule has 0 radical (unpaired) electrons. The van der Waals surface area contributed by atoms with Gasteiger partial charge in [-0.25, -0.2) is 8.42 Å². The van der Waals surface area contributed by atoms with Crippen molar-refractivity contribution in [1.29, 1.82) is 0 Å². The third-order valence-electron chi connectivity index (χ3n) is 19.9. The largest absolute Gasteiger partial charge is 0.481 e. The maximum atomic E-state index is 12.3. The van der Waals surface area contributed by atoms with Crippen LogP contribution in [0.15, 0.2) is 35.5 Å². The third-order valence-corrected chi connectivity index (χ3v) is 21.6. The van der Waals surface area contributed by atoms with Crippen molar-refractivity contribution in [3.8, 4) is 0 Å². The molecule has 6 nitrogen and oxygen atoms in total. The fraction of sp³-hybridized carbons (Fsp3) is 0.851. The van der Waals surface area contributed by atoms with E-state index in [2.05, 4.69) is 65.6 Å². The van der Waals surface area contributed by atoms with Gasteiger partial charge in [-0.1, -0.05) is 58.9 Å². The van der Waals surface area contributed by atoms with Crippen LogP contribution in [0.4, 0.5) is 0 Å². The molecule has 0 aromatic carbocycles. The van der Waals surface area contributed by atoms with Crippen LogP contribution in [0, 0.1) is 68.0 Å². The number of allylic oxidation sites excluding steroid dienone is 5. The Morgan fingerprint density at radius 1 is 0.907 bits per heavy atom. The molecule has 3 N–H and O–H groups in total. The Bertz CT molecular complexity index is 1750. The van der Waals surface area contributed by atoms with Gasteiger partial charge in [0.2, 0.25) is 0 Å². The van der Waals surface area contributed by atoms with E-state index >= 15 is 0 Å². The lowest BCUT2D eigenvalue weighted by molar-refractivity contribution is -0.221. The normalized spacial score (nSPS) is 49.2. The molecule has 0 saturated heterocycles. The number of carbonyl (C=O) groups is 1. The molecule has 13 atom stereocenters. The summed E-state index contributed by atoms with van der Waals surface area (Å²) in [6, 6.07) is 0. The van der Waals surface area contributed by atoms with Gasteiger partial charge in [-0.05, 0) is 196 Å². The van der Waals surface area contributed by atoms with Crippen molar-refractivity contribution in [1.82, 2.24) is 5.32 Å². The second kappa shape index (κ2) is 12.8. The number of sulfone groups is 1. The monoisotopic (exact) mass is 764 g/mol. The van der Waals surface area contributed by atoms with E-state index in [4.69, 9.17) is 0 Å². The number of fused-ring (bicyclic) bond motifs is 8. The number of carboxylic acids is 1. The van der Waals surface area contributed by atoms with Crippen LogP contribution in [-0.2, 0) is 14.6 Å². The molecule has 0 bridgehead atoms. The summed E-state index contributed by atoms with van der Waals surface area (Å²) < 4.78 is 24.6. The molecular weight excluding hydrogens is 691 g/mol. The first kappa shape index (κ1) is 39.4. The van der Waals surface area contributed by atoms with Gasteiger partial charge in [0.25, 0.3) is 0 Å². The molecule has 302 valence electrons. The van der Waals surface area contributed by atoms with E-state index in [1.165, 1.54) is 87.2 Å². The molecule has 0 amide bonds. The average molecular weight is 764 g/mol. The minimum atomic E-state index is -2.94. The zero-order valence-electron chi connectivity index (χ0n) is 34.9. The van der Waals surface area contributed by atoms with Crippen LogP contribution < -0.4 is 5.32 Å². The predicted molar refractivity (Wildman–Crippen MR) is 217 cm³/mol. The zero-order valence-corrected chi connectivity index (χ0v) is 35.7. The summed E-state index contributed by atoms with van der Waals surface area (Å²) >= 11 is 0. The van der Waals surface area contributed by atoms with Crippen LogP contribution in [0.25, 0.3) is 0 Å². The van der Waals surface area contributed by atoms with Gasteiger partial charge in [0, 0.05) is 11.8 Å². The Morgan fingerprint density at radius 2 is 1.67 bits per heavy atom. The highest BCUT2D eigenvalue weighted by Gasteiger charge is 2.70. The van der Waals surface area contributed by atoms with Gasteiger partial charge in [-0.15, -0.1) is 0 Å². The summed E-state index contributed by atoms with van der Waals surface area (Å²) in [5.41, 5.74) is 4.52. The number of aliphatic hydroxyl groups is 1. The van der Waals surface area contributed by atoms with E-state index in [0.717, 1.165) is 38.6 Å². The summed E-state index contributed by atoms with van der Waals surface area (Å²) in [4.78, 5) is 12.1. The Hall–Kier alpha value is -1.44. The van der Waals surface area contributed by atoms with Crippen molar-refractivity contribution >= 4 is 15.8 Å². The summed E-state index contributed by atoms with van der Waals surface area (Å²) in [7, 11) is -2.94. The zero-order chi connectivity index (χ0) is 38.9. The summed E-state index contributed by atoms with van der Waals surface area (Å²) in [5, 5.41) is 24.2. The molecule has 0 aromatic rings. The molecule has 7 heteroatoms. The minimum Gasteiger partial charge on any atom is -0.481 e. The molecule has 8 aliphatic carbocycles. The van der Waals surface area contributed by atoms with E-state index in [1.807, 2.05) is 0 Å². The fourth-order valence-electron chi connectivity index (χ4n) is 16.5. The van der Waals surface area contributed by atoms with Crippen molar-refractivity contribution in [2.45, 2.75) is 161 Å². The Morgan fingerprint density at radius 3 is 2.30 bits per heavy atom. The van der Waals surface area contributed by atoms with Crippen molar-refractivity contribution < 1.29 is 23.4 Å². The predicted octanol–water partition coefficient (Wildman–Crippen LogP) is 9.69. The lowest BCUT2D eigenvalue weighted by Gasteiger charge is -2.72. The van der Waals surface area contributed by atoms with Crippen LogP contribution in [0.3, 0.4) is 0 Å². The quantitative estimate of drug-likeness (QED) is 0.202. The molecule has 0 aliphatic heterocycles. The number of hydrogen-bond acceptors (Lipinski definition) is 5. The third kappa shape index (κ3) is 5.55. The smallest absolute Gasteiger partial charge is 0.312 e. The van der Waals surface area contributed by atoms with Gasteiger partial charge in [0.05, 0.1) is 17.3 Å². The topological polar surface area (TPSA) is 104 Å². The van der Waals surface area contributed by atoms with Gasteiger partial charge in [-0.2, -0.15) is 0 Å². The molecular formula is C47H73NO5S. The highest BCUT2D eigenvalue weighted by molar-refractivity contribution is 7.91. The fourth-order valence-corrected chi connectivity index (χ4v) is 17.6. The van der Waals surface area contributed by atoms with E-state index in [-0.39, 0.29) is 39.1 Å². The highest BCUT2D eigenvalue weighted by atomic mass is 32.2. The van der Waals surface area contributed by atoms with Crippen LogP contribution in [-0.4, -0.2) is 54.8 Å². The average Bonchev–Trinajstić information content (AvgIpc) is 3.70. The first-order chi connectivity index (χ1) is 25.2. The molecule has 0 heterocycles. The molecule has 8 rings (SSSR count). The summed E-state index contributed by atoms with van der Waals surface area (Å²) in [6.45, 7) is 20.8. The Labute approximate surface area is 327 Å². The molecule has 0 spiro atoms. The highest BCUT2D eigenvalue weighted by Crippen LogP contribution is 2.77. The van der Waals surface area contributed by atoms with E-state index in [0.29, 0.717) is 53.8 Å². The second-order valence-electron chi connectivity index (χ2n) is 22.2. The standard InChI is InChI=1S/C47H73NO5S/c1-30(2)34-14-22-47(48-26-25-45-21-13-33(54(8,52)53)27-32(45)28-45)24-23-43(6)36(39(34)47)9-10-38-42(5)17-15-35(41(3,4)37(42)16-18-44(38,43)7)31-11-19-46(29-49,20-12-31)40(50)51/h11,15,32-34,36-39,48-49H,1,9-10,12-14,16-29H2,2-8H3,(H,50,51)/t32?,33-,34+,36-,37+,38-,39-,42+,43-,44-,45+,46-,47+/m1/s1.